The molecular formula is C12H11N3O2. The van der Waals surface area contributed by atoms with Crippen LogP contribution < -0.4 is 5.32 Å². The van der Waals surface area contributed by atoms with E-state index in [1.165, 1.54) is 0 Å². The number of aromatic carboxylic acids is 1. The fourth-order valence-electron chi connectivity index (χ4n) is 1.40. The van der Waals surface area contributed by atoms with Crippen LogP contribution in [-0.2, 0) is 6.54 Å². The molecule has 0 fully saturated rings. The number of benzene rings is 1. The Morgan fingerprint density at radius 3 is 2.88 bits per heavy atom. The number of aromatic nitrogens is 2. The first-order valence-electron chi connectivity index (χ1n) is 5.09. The molecule has 2 N–H and O–H groups in total. The predicted molar refractivity (Wildman–Crippen MR) is 62.8 cm³/mol. The van der Waals surface area contributed by atoms with E-state index in [0.717, 1.165) is 5.56 Å². The average Bonchev–Trinajstić information content (AvgIpc) is 2.38. The minimum absolute atomic E-state index is 0.281. The SMILES string of the molecule is O=C(O)c1cccc(CNc2cccnn2)c1. The largest absolute Gasteiger partial charge is 0.478 e. The quantitative estimate of drug-likeness (QED) is 0.835. The minimum atomic E-state index is -0.925. The number of anilines is 1. The second-order valence-corrected chi connectivity index (χ2v) is 3.47. The molecular weight excluding hydrogens is 218 g/mol. The maximum Gasteiger partial charge on any atom is 0.335 e. The van der Waals surface area contributed by atoms with Gasteiger partial charge in [-0.2, -0.15) is 5.10 Å². The second-order valence-electron chi connectivity index (χ2n) is 3.47. The number of hydrogen-bond acceptors (Lipinski definition) is 4. The number of carboxylic acid groups (broad SMARTS) is 1. The van der Waals surface area contributed by atoms with E-state index >= 15 is 0 Å². The second kappa shape index (κ2) is 5.07. The van der Waals surface area contributed by atoms with Crippen LogP contribution in [0.3, 0.4) is 0 Å². The Hall–Kier alpha value is -2.43. The summed E-state index contributed by atoms with van der Waals surface area (Å²) in [5.74, 6) is -0.264. The molecule has 0 atom stereocenters. The lowest BCUT2D eigenvalue weighted by atomic mass is 10.1. The molecule has 17 heavy (non-hydrogen) atoms. The molecule has 2 rings (SSSR count). The molecule has 1 aromatic carbocycles. The zero-order chi connectivity index (χ0) is 12.1. The van der Waals surface area contributed by atoms with E-state index in [2.05, 4.69) is 15.5 Å². The zero-order valence-corrected chi connectivity index (χ0v) is 9.00. The first-order valence-corrected chi connectivity index (χ1v) is 5.09. The van der Waals surface area contributed by atoms with Gasteiger partial charge >= 0.3 is 5.97 Å². The van der Waals surface area contributed by atoms with Crippen molar-refractivity contribution in [3.05, 3.63) is 53.7 Å². The topological polar surface area (TPSA) is 75.1 Å². The average molecular weight is 229 g/mol. The molecule has 0 amide bonds. The van der Waals surface area contributed by atoms with Crippen LogP contribution >= 0.6 is 0 Å². The van der Waals surface area contributed by atoms with Crippen molar-refractivity contribution in [3.8, 4) is 0 Å². The summed E-state index contributed by atoms with van der Waals surface area (Å²) in [5, 5.41) is 19.5. The van der Waals surface area contributed by atoms with Gasteiger partial charge in [-0.3, -0.25) is 0 Å². The van der Waals surface area contributed by atoms with Crippen molar-refractivity contribution in [2.45, 2.75) is 6.54 Å². The summed E-state index contributed by atoms with van der Waals surface area (Å²) < 4.78 is 0. The smallest absolute Gasteiger partial charge is 0.335 e. The van der Waals surface area contributed by atoms with Gasteiger partial charge in [-0.25, -0.2) is 4.79 Å². The highest BCUT2D eigenvalue weighted by molar-refractivity contribution is 5.87. The number of carboxylic acids is 1. The summed E-state index contributed by atoms with van der Waals surface area (Å²) in [7, 11) is 0. The lowest BCUT2D eigenvalue weighted by Crippen LogP contribution is -2.03. The standard InChI is InChI=1S/C12H11N3O2/c16-12(17)10-4-1-3-9(7-10)8-13-11-5-2-6-14-15-11/h1-7H,8H2,(H,13,15)(H,16,17). The number of rotatable bonds is 4. The third-order valence-electron chi connectivity index (χ3n) is 2.22. The van der Waals surface area contributed by atoms with Gasteiger partial charge < -0.3 is 10.4 Å². The van der Waals surface area contributed by atoms with E-state index in [9.17, 15) is 4.79 Å². The predicted octanol–water partition coefficient (Wildman–Crippen LogP) is 1.79. The van der Waals surface area contributed by atoms with Crippen LogP contribution in [0.2, 0.25) is 0 Å². The van der Waals surface area contributed by atoms with Gasteiger partial charge in [0.05, 0.1) is 5.56 Å². The third-order valence-corrected chi connectivity index (χ3v) is 2.22. The highest BCUT2D eigenvalue weighted by Crippen LogP contribution is 2.07. The summed E-state index contributed by atoms with van der Waals surface area (Å²) in [5.41, 5.74) is 1.17. The van der Waals surface area contributed by atoms with Gasteiger partial charge in [0.15, 0.2) is 0 Å². The zero-order valence-electron chi connectivity index (χ0n) is 9.00. The van der Waals surface area contributed by atoms with Crippen LogP contribution in [0.5, 0.6) is 0 Å². The highest BCUT2D eigenvalue weighted by atomic mass is 16.4. The number of nitrogens with zero attached hydrogens (tertiary/aromatic N) is 2. The number of nitrogens with one attached hydrogen (secondary N) is 1. The van der Waals surface area contributed by atoms with Gasteiger partial charge in [0.2, 0.25) is 0 Å². The van der Waals surface area contributed by atoms with Crippen LogP contribution in [0.4, 0.5) is 5.82 Å². The van der Waals surface area contributed by atoms with E-state index in [1.807, 2.05) is 6.07 Å². The van der Waals surface area contributed by atoms with E-state index in [1.54, 1.807) is 36.5 Å². The van der Waals surface area contributed by atoms with E-state index < -0.39 is 5.97 Å². The van der Waals surface area contributed by atoms with Crippen molar-refractivity contribution < 1.29 is 9.90 Å². The Labute approximate surface area is 98.1 Å². The Morgan fingerprint density at radius 1 is 1.29 bits per heavy atom. The van der Waals surface area contributed by atoms with Gasteiger partial charge in [0.25, 0.3) is 0 Å². The number of hydrogen-bond donors (Lipinski definition) is 2. The summed E-state index contributed by atoms with van der Waals surface area (Å²) in [4.78, 5) is 10.8. The summed E-state index contributed by atoms with van der Waals surface area (Å²) in [6.07, 6.45) is 1.59. The number of carbonyl (C=O) groups is 1. The van der Waals surface area contributed by atoms with Crippen molar-refractivity contribution >= 4 is 11.8 Å². The third kappa shape index (κ3) is 3.01. The molecule has 86 valence electrons. The minimum Gasteiger partial charge on any atom is -0.478 e. The lowest BCUT2D eigenvalue weighted by molar-refractivity contribution is 0.0697. The van der Waals surface area contributed by atoms with Crippen molar-refractivity contribution in [2.24, 2.45) is 0 Å². The Kier molecular flexibility index (Phi) is 3.30. The maximum atomic E-state index is 10.8. The molecule has 0 aliphatic rings. The van der Waals surface area contributed by atoms with Gasteiger partial charge in [-0.05, 0) is 29.8 Å². The molecule has 0 saturated carbocycles. The molecule has 1 aromatic heterocycles. The molecule has 0 bridgehead atoms. The summed E-state index contributed by atoms with van der Waals surface area (Å²) >= 11 is 0. The van der Waals surface area contributed by atoms with Crippen molar-refractivity contribution in [3.63, 3.8) is 0 Å². The fourth-order valence-corrected chi connectivity index (χ4v) is 1.40. The fraction of sp³-hybridized carbons (Fsp3) is 0.0833. The van der Waals surface area contributed by atoms with Crippen LogP contribution in [-0.4, -0.2) is 21.3 Å². The maximum absolute atomic E-state index is 10.8. The Bertz CT molecular complexity index is 514. The molecule has 0 aliphatic carbocycles. The van der Waals surface area contributed by atoms with Crippen LogP contribution in [0.1, 0.15) is 15.9 Å². The normalized spacial score (nSPS) is 9.88. The molecule has 0 aliphatic heterocycles. The van der Waals surface area contributed by atoms with Crippen molar-refractivity contribution in [1.29, 1.82) is 0 Å². The highest BCUT2D eigenvalue weighted by Gasteiger charge is 2.03. The Balaban J connectivity index is 2.04. The van der Waals surface area contributed by atoms with Gasteiger partial charge in [0, 0.05) is 12.7 Å². The van der Waals surface area contributed by atoms with Gasteiger partial charge in [-0.1, -0.05) is 12.1 Å². The molecule has 0 radical (unpaired) electrons. The summed E-state index contributed by atoms with van der Waals surface area (Å²) in [6, 6.07) is 10.4. The molecule has 0 spiro atoms. The van der Waals surface area contributed by atoms with Crippen molar-refractivity contribution in [2.75, 3.05) is 5.32 Å². The molecule has 2 aromatic rings. The van der Waals surface area contributed by atoms with Gasteiger partial charge in [0.1, 0.15) is 5.82 Å². The van der Waals surface area contributed by atoms with E-state index in [-0.39, 0.29) is 5.56 Å². The molecule has 5 heteroatoms. The first-order chi connectivity index (χ1) is 8.25. The van der Waals surface area contributed by atoms with E-state index in [4.69, 9.17) is 5.11 Å². The van der Waals surface area contributed by atoms with Crippen LogP contribution in [0.15, 0.2) is 42.6 Å². The first kappa shape index (κ1) is 11.1. The van der Waals surface area contributed by atoms with Gasteiger partial charge in [-0.15, -0.1) is 5.10 Å². The monoisotopic (exact) mass is 229 g/mol. The van der Waals surface area contributed by atoms with Crippen LogP contribution in [0, 0.1) is 0 Å². The van der Waals surface area contributed by atoms with E-state index in [0.29, 0.717) is 12.4 Å². The van der Waals surface area contributed by atoms with Crippen molar-refractivity contribution in [1.82, 2.24) is 10.2 Å². The molecule has 1 heterocycles. The van der Waals surface area contributed by atoms with Crippen LogP contribution in [0.25, 0.3) is 0 Å². The molecule has 0 unspecified atom stereocenters. The lowest BCUT2D eigenvalue weighted by Gasteiger charge is -2.05. The molecule has 5 nitrogen and oxygen atoms in total. The Morgan fingerprint density at radius 2 is 2.18 bits per heavy atom. The summed E-state index contributed by atoms with van der Waals surface area (Å²) in [6.45, 7) is 0.514. The molecule has 0 saturated heterocycles.